The van der Waals surface area contributed by atoms with Crippen LogP contribution in [0.15, 0.2) is 112 Å². The van der Waals surface area contributed by atoms with Crippen LogP contribution < -0.4 is 0 Å². The fourth-order valence-electron chi connectivity index (χ4n) is 3.68. The minimum Gasteiger partial charge on any atom is -0.505 e. The third-order valence-electron chi connectivity index (χ3n) is 5.45. The second kappa shape index (κ2) is 9.28. The second-order valence-corrected chi connectivity index (χ2v) is 13.2. The molecule has 0 saturated heterocycles. The van der Waals surface area contributed by atoms with Crippen molar-refractivity contribution in [2.45, 2.75) is 39.2 Å². The molecule has 0 radical (unpaired) electrons. The van der Waals surface area contributed by atoms with E-state index in [0.29, 0.717) is 0 Å². The monoisotopic (exact) mass is 560 g/mol. The summed E-state index contributed by atoms with van der Waals surface area (Å²) in [5.41, 5.74) is 0. The van der Waals surface area contributed by atoms with Crippen LogP contribution in [0, 0.1) is 0 Å². The molecule has 0 saturated carbocycles. The minimum atomic E-state index is -2.19. The highest BCUT2D eigenvalue weighted by molar-refractivity contribution is 7.87. The van der Waals surface area contributed by atoms with Gasteiger partial charge in [0.2, 0.25) is 0 Å². The topological polar surface area (TPSA) is 149 Å². The summed E-state index contributed by atoms with van der Waals surface area (Å²) in [7, 11) is -8.75. The van der Waals surface area contributed by atoms with Crippen molar-refractivity contribution in [3.8, 4) is 23.0 Å². The standard InChI is InChI=1S/C24H16O8S4/c25-21-13-5-1-6-14(21)34(30)16-8-3-10-18(23(16)27)36(32)20-12-4-11-19(24(20)28)35(31)17-9-2-7-15(22(17)26)33(13)29/h1-12,25-28H. The number of benzene rings is 4. The summed E-state index contributed by atoms with van der Waals surface area (Å²) in [6, 6.07) is 16.2. The van der Waals surface area contributed by atoms with E-state index in [1.54, 1.807) is 0 Å². The maximum absolute atomic E-state index is 13.4. The molecule has 0 fully saturated rings. The number of aromatic hydroxyl groups is 4. The van der Waals surface area contributed by atoms with E-state index in [0.717, 1.165) is 0 Å². The van der Waals surface area contributed by atoms with E-state index in [1.165, 1.54) is 72.8 Å². The Morgan fingerprint density at radius 2 is 0.472 bits per heavy atom. The Labute approximate surface area is 214 Å². The number of hydrogen-bond acceptors (Lipinski definition) is 8. The quantitative estimate of drug-likeness (QED) is 0.225. The number of phenolic OH excluding ortho intramolecular Hbond substituents is 4. The van der Waals surface area contributed by atoms with E-state index in [2.05, 4.69) is 0 Å². The predicted octanol–water partition coefficient (Wildman–Crippen LogP) is 3.49. The molecule has 0 aromatic heterocycles. The van der Waals surface area contributed by atoms with Crippen molar-refractivity contribution in [3.05, 3.63) is 72.8 Å². The van der Waals surface area contributed by atoms with Crippen molar-refractivity contribution < 1.29 is 37.3 Å². The number of phenols is 4. The third kappa shape index (κ3) is 3.77. The molecule has 36 heavy (non-hydrogen) atoms. The molecule has 0 unspecified atom stereocenters. The number of fused-ring (bicyclic) bond motifs is 8. The largest absolute Gasteiger partial charge is 0.505 e. The Hall–Kier alpha value is -3.32. The van der Waals surface area contributed by atoms with Crippen LogP contribution in [0.25, 0.3) is 0 Å². The van der Waals surface area contributed by atoms with Crippen molar-refractivity contribution >= 4 is 43.2 Å². The van der Waals surface area contributed by atoms with E-state index in [9.17, 15) is 37.3 Å². The first-order valence-electron chi connectivity index (χ1n) is 10.2. The van der Waals surface area contributed by atoms with Gasteiger partial charge in [-0.3, -0.25) is 0 Å². The Morgan fingerprint density at radius 3 is 0.611 bits per heavy atom. The van der Waals surface area contributed by atoms with Crippen LogP contribution in [0.4, 0.5) is 0 Å². The Bertz CT molecular complexity index is 1320. The zero-order chi connectivity index (χ0) is 25.7. The van der Waals surface area contributed by atoms with Gasteiger partial charge in [-0.15, -0.1) is 0 Å². The van der Waals surface area contributed by atoms with Crippen LogP contribution in [0.3, 0.4) is 0 Å². The lowest BCUT2D eigenvalue weighted by Gasteiger charge is -2.15. The van der Waals surface area contributed by atoms with Crippen LogP contribution in [-0.2, 0) is 43.2 Å². The fraction of sp³-hybridized carbons (Fsp3) is 0. The van der Waals surface area contributed by atoms with Gasteiger partial charge in [0, 0.05) is 0 Å². The van der Waals surface area contributed by atoms with Gasteiger partial charge in [-0.05, 0) is 48.5 Å². The lowest BCUT2D eigenvalue weighted by Crippen LogP contribution is -2.04. The summed E-state index contributed by atoms with van der Waals surface area (Å²) >= 11 is 0. The lowest BCUT2D eigenvalue weighted by molar-refractivity contribution is 0.440. The molecule has 4 aromatic rings. The first kappa shape index (κ1) is 24.4. The maximum Gasteiger partial charge on any atom is 0.148 e. The molecule has 4 aromatic carbocycles. The zero-order valence-corrected chi connectivity index (χ0v) is 21.2. The molecule has 8 bridgehead atoms. The molecule has 0 spiro atoms. The van der Waals surface area contributed by atoms with Crippen LogP contribution in [0.2, 0.25) is 0 Å². The van der Waals surface area contributed by atoms with Crippen molar-refractivity contribution in [1.29, 1.82) is 0 Å². The van der Waals surface area contributed by atoms with Crippen LogP contribution in [-0.4, -0.2) is 37.3 Å². The third-order valence-corrected chi connectivity index (χ3v) is 11.3. The van der Waals surface area contributed by atoms with Gasteiger partial charge in [0.1, 0.15) is 23.0 Å². The van der Waals surface area contributed by atoms with E-state index < -0.39 is 66.2 Å². The summed E-state index contributed by atoms with van der Waals surface area (Å²) < 4.78 is 53.6. The van der Waals surface area contributed by atoms with Gasteiger partial charge in [0.15, 0.2) is 0 Å². The van der Waals surface area contributed by atoms with Crippen molar-refractivity contribution in [2.24, 2.45) is 0 Å². The molecule has 0 aliphatic carbocycles. The normalized spacial score (nSPS) is 21.1. The second-order valence-electron chi connectivity index (χ2n) is 7.49. The van der Waals surface area contributed by atoms with Gasteiger partial charge in [-0.25, -0.2) is 16.8 Å². The lowest BCUT2D eigenvalue weighted by atomic mass is 10.3. The van der Waals surface area contributed by atoms with Crippen molar-refractivity contribution in [2.75, 3.05) is 0 Å². The molecule has 8 nitrogen and oxygen atoms in total. The molecule has 1 aliphatic heterocycles. The average molecular weight is 561 g/mol. The zero-order valence-electron chi connectivity index (χ0n) is 18.0. The van der Waals surface area contributed by atoms with E-state index >= 15 is 0 Å². The Morgan fingerprint density at radius 1 is 0.333 bits per heavy atom. The average Bonchev–Trinajstić information content (AvgIpc) is 2.87. The first-order chi connectivity index (χ1) is 17.2. The summed E-state index contributed by atoms with van der Waals surface area (Å²) in [6.45, 7) is 0. The highest BCUT2D eigenvalue weighted by atomic mass is 32.2. The molecular formula is C24H16O8S4. The molecule has 184 valence electrons. The molecular weight excluding hydrogens is 545 g/mol. The van der Waals surface area contributed by atoms with Crippen LogP contribution in [0.1, 0.15) is 0 Å². The number of para-hydroxylation sites is 4. The molecule has 12 heteroatoms. The highest BCUT2D eigenvalue weighted by Gasteiger charge is 2.28. The Kier molecular flexibility index (Phi) is 6.29. The van der Waals surface area contributed by atoms with E-state index in [1.807, 2.05) is 0 Å². The Balaban J connectivity index is 1.87. The van der Waals surface area contributed by atoms with Gasteiger partial charge < -0.3 is 20.4 Å². The van der Waals surface area contributed by atoms with Gasteiger partial charge in [-0.2, -0.15) is 0 Å². The van der Waals surface area contributed by atoms with Gasteiger partial charge in [0.05, 0.1) is 82.4 Å². The number of hydrogen-bond donors (Lipinski definition) is 4. The van der Waals surface area contributed by atoms with Crippen LogP contribution >= 0.6 is 0 Å². The fourth-order valence-corrected chi connectivity index (χ4v) is 8.79. The van der Waals surface area contributed by atoms with Gasteiger partial charge >= 0.3 is 0 Å². The molecule has 1 aliphatic rings. The summed E-state index contributed by atoms with van der Waals surface area (Å²) in [5, 5.41) is 43.5. The van der Waals surface area contributed by atoms with E-state index in [4.69, 9.17) is 0 Å². The molecule has 1 heterocycles. The predicted molar refractivity (Wildman–Crippen MR) is 131 cm³/mol. The SMILES string of the molecule is O=S1c2cccc(c2O)S(=O)c2cccc(c2O)S(=O)c2cccc(c2O)S(=O)c2cccc1c2O. The smallest absolute Gasteiger partial charge is 0.148 e. The maximum atomic E-state index is 13.4. The van der Waals surface area contributed by atoms with Gasteiger partial charge in [-0.1, -0.05) is 24.3 Å². The van der Waals surface area contributed by atoms with Gasteiger partial charge in [0.25, 0.3) is 0 Å². The molecule has 0 atom stereocenters. The highest BCUT2D eigenvalue weighted by Crippen LogP contribution is 2.42. The van der Waals surface area contributed by atoms with Crippen LogP contribution in [0.5, 0.6) is 23.0 Å². The first-order valence-corrected chi connectivity index (χ1v) is 14.8. The van der Waals surface area contributed by atoms with Crippen molar-refractivity contribution in [1.82, 2.24) is 0 Å². The summed E-state index contributed by atoms with van der Waals surface area (Å²) in [4.78, 5) is -1.37. The van der Waals surface area contributed by atoms with Crippen molar-refractivity contribution in [3.63, 3.8) is 0 Å². The molecule has 5 rings (SSSR count). The summed E-state index contributed by atoms with van der Waals surface area (Å²) in [6.07, 6.45) is 0. The molecule has 4 N–H and O–H groups in total. The number of rotatable bonds is 0. The minimum absolute atomic E-state index is 0.171. The summed E-state index contributed by atoms with van der Waals surface area (Å²) in [5.74, 6) is -2.33. The van der Waals surface area contributed by atoms with E-state index in [-0.39, 0.29) is 39.2 Å². The molecule has 0 amide bonds.